The molecule has 2 aliphatic rings. The SMILES string of the molecule is O=C(CNc1c(-c2ccc(N3CCCC3)cc2)nc2cnccn12)N1CCC(c2cccc3ccccc23)CC1. The van der Waals surface area contributed by atoms with E-state index >= 15 is 0 Å². The number of hydrogen-bond donors (Lipinski definition) is 1. The molecule has 40 heavy (non-hydrogen) atoms. The largest absolute Gasteiger partial charge is 0.372 e. The molecule has 2 fully saturated rings. The number of carbonyl (C=O) groups excluding carboxylic acids is 1. The zero-order valence-electron chi connectivity index (χ0n) is 22.7. The molecular weight excluding hydrogens is 496 g/mol. The Morgan fingerprint density at radius 2 is 1.68 bits per heavy atom. The molecule has 2 saturated heterocycles. The number of amides is 1. The van der Waals surface area contributed by atoms with Crippen LogP contribution in [0.15, 0.2) is 85.3 Å². The molecule has 0 atom stereocenters. The maximum Gasteiger partial charge on any atom is 0.241 e. The van der Waals surface area contributed by atoms with Crippen molar-refractivity contribution in [3.05, 3.63) is 90.9 Å². The predicted molar refractivity (Wildman–Crippen MR) is 161 cm³/mol. The van der Waals surface area contributed by atoms with Crippen molar-refractivity contribution in [2.24, 2.45) is 0 Å². The molecule has 1 N–H and O–H groups in total. The van der Waals surface area contributed by atoms with Crippen LogP contribution in [-0.2, 0) is 4.79 Å². The lowest BCUT2D eigenvalue weighted by atomic mass is 9.86. The molecule has 7 nitrogen and oxygen atoms in total. The molecule has 2 aliphatic heterocycles. The zero-order valence-corrected chi connectivity index (χ0v) is 22.7. The van der Waals surface area contributed by atoms with Crippen molar-refractivity contribution >= 4 is 33.8 Å². The molecule has 0 aliphatic carbocycles. The normalized spacial score (nSPS) is 16.2. The first-order chi connectivity index (χ1) is 19.7. The van der Waals surface area contributed by atoms with Crippen LogP contribution in [0.5, 0.6) is 0 Å². The highest BCUT2D eigenvalue weighted by Crippen LogP contribution is 2.34. The van der Waals surface area contributed by atoms with Gasteiger partial charge in [-0.3, -0.25) is 14.2 Å². The van der Waals surface area contributed by atoms with E-state index in [0.717, 1.165) is 61.7 Å². The summed E-state index contributed by atoms with van der Waals surface area (Å²) >= 11 is 0. The van der Waals surface area contributed by atoms with E-state index in [1.165, 1.54) is 34.9 Å². The van der Waals surface area contributed by atoms with E-state index in [4.69, 9.17) is 4.98 Å². The number of carbonyl (C=O) groups is 1. The summed E-state index contributed by atoms with van der Waals surface area (Å²) in [7, 11) is 0. The fourth-order valence-corrected chi connectivity index (χ4v) is 6.40. The summed E-state index contributed by atoms with van der Waals surface area (Å²) in [5.74, 6) is 1.42. The second-order valence-electron chi connectivity index (χ2n) is 10.9. The van der Waals surface area contributed by atoms with Crippen LogP contribution >= 0.6 is 0 Å². The van der Waals surface area contributed by atoms with E-state index < -0.39 is 0 Å². The number of piperidine rings is 1. The average Bonchev–Trinajstić information content (AvgIpc) is 3.69. The molecule has 7 rings (SSSR count). The molecular formula is C33H34N6O. The average molecular weight is 531 g/mol. The van der Waals surface area contributed by atoms with Crippen LogP contribution in [0.1, 0.15) is 37.2 Å². The lowest BCUT2D eigenvalue weighted by molar-refractivity contribution is -0.130. The van der Waals surface area contributed by atoms with Gasteiger partial charge in [0.2, 0.25) is 5.91 Å². The van der Waals surface area contributed by atoms with Crippen LogP contribution in [0.2, 0.25) is 0 Å². The summed E-state index contributed by atoms with van der Waals surface area (Å²) in [5.41, 5.74) is 5.28. The molecule has 0 unspecified atom stereocenters. The lowest BCUT2D eigenvalue weighted by Gasteiger charge is -2.33. The van der Waals surface area contributed by atoms with E-state index in [0.29, 0.717) is 5.92 Å². The number of imidazole rings is 1. The minimum Gasteiger partial charge on any atom is -0.372 e. The Hall–Kier alpha value is -4.39. The monoisotopic (exact) mass is 530 g/mol. The van der Waals surface area contributed by atoms with Gasteiger partial charge in [0.25, 0.3) is 0 Å². The number of benzene rings is 3. The number of likely N-dealkylation sites (tertiary alicyclic amines) is 1. The van der Waals surface area contributed by atoms with Gasteiger partial charge in [0, 0.05) is 49.8 Å². The fourth-order valence-electron chi connectivity index (χ4n) is 6.40. The molecule has 0 radical (unpaired) electrons. The van der Waals surface area contributed by atoms with Gasteiger partial charge in [-0.05, 0) is 60.1 Å². The van der Waals surface area contributed by atoms with E-state index in [-0.39, 0.29) is 12.5 Å². The number of nitrogens with zero attached hydrogens (tertiary/aromatic N) is 5. The third-order valence-corrected chi connectivity index (χ3v) is 8.56. The van der Waals surface area contributed by atoms with E-state index in [1.807, 2.05) is 15.5 Å². The minimum absolute atomic E-state index is 0.121. The Kier molecular flexibility index (Phi) is 6.55. The number of nitrogens with one attached hydrogen (secondary N) is 1. The van der Waals surface area contributed by atoms with Crippen molar-refractivity contribution < 1.29 is 4.79 Å². The van der Waals surface area contributed by atoms with Crippen molar-refractivity contribution in [1.82, 2.24) is 19.3 Å². The third-order valence-electron chi connectivity index (χ3n) is 8.56. The van der Waals surface area contributed by atoms with Crippen LogP contribution in [0.3, 0.4) is 0 Å². The first-order valence-corrected chi connectivity index (χ1v) is 14.4. The maximum absolute atomic E-state index is 13.3. The van der Waals surface area contributed by atoms with Crippen LogP contribution in [0.4, 0.5) is 11.5 Å². The Bertz CT molecular complexity index is 1640. The van der Waals surface area contributed by atoms with Crippen LogP contribution in [-0.4, -0.2) is 57.9 Å². The molecule has 0 saturated carbocycles. The van der Waals surface area contributed by atoms with Gasteiger partial charge < -0.3 is 15.1 Å². The minimum atomic E-state index is 0.121. The highest BCUT2D eigenvalue weighted by Gasteiger charge is 2.25. The predicted octanol–water partition coefficient (Wildman–Crippen LogP) is 5.97. The molecule has 5 aromatic rings. The summed E-state index contributed by atoms with van der Waals surface area (Å²) in [4.78, 5) is 26.9. The molecule has 202 valence electrons. The number of anilines is 2. The molecule has 0 bridgehead atoms. The van der Waals surface area contributed by atoms with Gasteiger partial charge in [0.05, 0.1) is 12.7 Å². The number of rotatable bonds is 6. The van der Waals surface area contributed by atoms with Crippen LogP contribution in [0, 0.1) is 0 Å². The van der Waals surface area contributed by atoms with Gasteiger partial charge in [0.15, 0.2) is 5.65 Å². The second-order valence-corrected chi connectivity index (χ2v) is 10.9. The maximum atomic E-state index is 13.3. The Morgan fingerprint density at radius 3 is 2.50 bits per heavy atom. The Balaban J connectivity index is 1.05. The van der Waals surface area contributed by atoms with Gasteiger partial charge in [0.1, 0.15) is 11.5 Å². The Labute approximate surface area is 234 Å². The summed E-state index contributed by atoms with van der Waals surface area (Å²) < 4.78 is 1.98. The molecule has 7 heteroatoms. The zero-order chi connectivity index (χ0) is 26.9. The van der Waals surface area contributed by atoms with Crippen LogP contribution < -0.4 is 10.2 Å². The van der Waals surface area contributed by atoms with E-state index in [9.17, 15) is 4.79 Å². The molecule has 1 amide bonds. The van der Waals surface area contributed by atoms with Gasteiger partial charge in [-0.2, -0.15) is 0 Å². The highest BCUT2D eigenvalue weighted by molar-refractivity contribution is 5.87. The smallest absolute Gasteiger partial charge is 0.241 e. The van der Waals surface area contributed by atoms with Gasteiger partial charge in [-0.15, -0.1) is 0 Å². The van der Waals surface area contributed by atoms with Gasteiger partial charge in [-0.25, -0.2) is 4.98 Å². The molecule has 4 heterocycles. The lowest BCUT2D eigenvalue weighted by Crippen LogP contribution is -2.41. The molecule has 0 spiro atoms. The van der Waals surface area contributed by atoms with E-state index in [2.05, 4.69) is 81.9 Å². The number of aromatic nitrogens is 3. The summed E-state index contributed by atoms with van der Waals surface area (Å²) in [6.45, 7) is 4.02. The fraction of sp³-hybridized carbons (Fsp3) is 0.303. The second kappa shape index (κ2) is 10.6. The standard InChI is InChI=1S/C33H34N6O/c40-31(38-19-14-25(15-20-38)29-9-5-7-24-6-1-2-8-28(24)29)23-35-33-32(36-30-22-34-16-21-39(30)33)26-10-12-27(13-11-26)37-17-3-4-18-37/h1-2,5-13,16,21-22,25,35H,3-4,14-15,17-20,23H2. The molecule has 2 aromatic heterocycles. The van der Waals surface area contributed by atoms with Crippen molar-refractivity contribution in [2.45, 2.75) is 31.6 Å². The topological polar surface area (TPSA) is 65.8 Å². The highest BCUT2D eigenvalue weighted by atomic mass is 16.2. The summed E-state index contributed by atoms with van der Waals surface area (Å²) in [5, 5.41) is 6.06. The first kappa shape index (κ1) is 24.6. The van der Waals surface area contributed by atoms with Gasteiger partial charge >= 0.3 is 0 Å². The number of fused-ring (bicyclic) bond motifs is 2. The van der Waals surface area contributed by atoms with Crippen molar-refractivity contribution in [3.63, 3.8) is 0 Å². The Morgan fingerprint density at radius 1 is 0.900 bits per heavy atom. The quantitative estimate of drug-likeness (QED) is 0.293. The summed E-state index contributed by atoms with van der Waals surface area (Å²) in [6.07, 6.45) is 9.87. The summed E-state index contributed by atoms with van der Waals surface area (Å²) in [6, 6.07) is 23.8. The van der Waals surface area contributed by atoms with Crippen molar-refractivity contribution in [2.75, 3.05) is 42.9 Å². The third kappa shape index (κ3) is 4.66. The van der Waals surface area contributed by atoms with Gasteiger partial charge in [-0.1, -0.05) is 54.6 Å². The first-order valence-electron chi connectivity index (χ1n) is 14.4. The van der Waals surface area contributed by atoms with Crippen molar-refractivity contribution in [3.8, 4) is 11.3 Å². The van der Waals surface area contributed by atoms with Crippen molar-refractivity contribution in [1.29, 1.82) is 0 Å². The van der Waals surface area contributed by atoms with E-state index in [1.54, 1.807) is 12.4 Å². The number of hydrogen-bond acceptors (Lipinski definition) is 5. The molecule has 3 aromatic carbocycles. The van der Waals surface area contributed by atoms with Crippen LogP contribution in [0.25, 0.3) is 27.7 Å².